The van der Waals surface area contributed by atoms with Gasteiger partial charge < -0.3 is 4.84 Å². The van der Waals surface area contributed by atoms with Crippen molar-refractivity contribution in [3.05, 3.63) is 64.4 Å². The molecular formula is C14H13ClN2O. The molecule has 0 aliphatic rings. The van der Waals surface area contributed by atoms with Crippen LogP contribution in [0.3, 0.4) is 0 Å². The van der Waals surface area contributed by atoms with E-state index in [0.717, 1.165) is 17.0 Å². The molecule has 1 heterocycles. The van der Waals surface area contributed by atoms with Crippen molar-refractivity contribution in [1.29, 1.82) is 0 Å². The second-order valence-electron chi connectivity index (χ2n) is 3.84. The van der Waals surface area contributed by atoms with Gasteiger partial charge in [0, 0.05) is 10.7 Å². The highest BCUT2D eigenvalue weighted by molar-refractivity contribution is 6.30. The Kier molecular flexibility index (Phi) is 4.31. The van der Waals surface area contributed by atoms with E-state index in [2.05, 4.69) is 10.1 Å². The molecule has 1 aromatic carbocycles. The first kappa shape index (κ1) is 12.6. The summed E-state index contributed by atoms with van der Waals surface area (Å²) in [7, 11) is 0. The van der Waals surface area contributed by atoms with E-state index in [4.69, 9.17) is 16.4 Å². The lowest BCUT2D eigenvalue weighted by Crippen LogP contribution is -1.91. The van der Waals surface area contributed by atoms with Crippen LogP contribution in [0.4, 0.5) is 0 Å². The maximum Gasteiger partial charge on any atom is 0.142 e. The molecule has 0 atom stereocenters. The highest BCUT2D eigenvalue weighted by Gasteiger charge is 1.93. The van der Waals surface area contributed by atoms with Crippen molar-refractivity contribution >= 4 is 17.8 Å². The van der Waals surface area contributed by atoms with E-state index in [1.165, 1.54) is 0 Å². The summed E-state index contributed by atoms with van der Waals surface area (Å²) >= 11 is 5.79. The zero-order valence-corrected chi connectivity index (χ0v) is 10.8. The van der Waals surface area contributed by atoms with Crippen LogP contribution in [0.25, 0.3) is 0 Å². The molecule has 0 amide bonds. The highest BCUT2D eigenvalue weighted by atomic mass is 35.5. The molecule has 1 aromatic heterocycles. The van der Waals surface area contributed by atoms with E-state index in [-0.39, 0.29) is 0 Å². The Morgan fingerprint density at radius 1 is 1.22 bits per heavy atom. The van der Waals surface area contributed by atoms with Crippen LogP contribution >= 0.6 is 11.6 Å². The van der Waals surface area contributed by atoms with Crippen LogP contribution in [0, 0.1) is 6.92 Å². The van der Waals surface area contributed by atoms with Gasteiger partial charge in [0.1, 0.15) is 6.61 Å². The Morgan fingerprint density at radius 3 is 2.72 bits per heavy atom. The summed E-state index contributed by atoms with van der Waals surface area (Å²) in [6.45, 7) is 2.35. The van der Waals surface area contributed by atoms with E-state index in [0.29, 0.717) is 11.6 Å². The molecule has 0 radical (unpaired) electrons. The third-order valence-electron chi connectivity index (χ3n) is 2.31. The van der Waals surface area contributed by atoms with Crippen LogP contribution in [0.2, 0.25) is 5.02 Å². The first-order valence-corrected chi connectivity index (χ1v) is 5.95. The van der Waals surface area contributed by atoms with Gasteiger partial charge in [0.25, 0.3) is 0 Å². The molecule has 92 valence electrons. The number of hydrogen-bond acceptors (Lipinski definition) is 3. The van der Waals surface area contributed by atoms with Gasteiger partial charge >= 0.3 is 0 Å². The Morgan fingerprint density at radius 2 is 2.00 bits per heavy atom. The first-order valence-electron chi connectivity index (χ1n) is 5.57. The van der Waals surface area contributed by atoms with Crippen molar-refractivity contribution in [1.82, 2.24) is 4.98 Å². The van der Waals surface area contributed by atoms with Gasteiger partial charge in [-0.2, -0.15) is 0 Å². The number of rotatable bonds is 4. The lowest BCUT2D eigenvalue weighted by molar-refractivity contribution is 0.132. The summed E-state index contributed by atoms with van der Waals surface area (Å²) in [6.07, 6.45) is 1.60. The predicted molar refractivity (Wildman–Crippen MR) is 72.8 cm³/mol. The molecule has 0 bridgehead atoms. The van der Waals surface area contributed by atoms with Crippen LogP contribution in [-0.2, 0) is 11.4 Å². The summed E-state index contributed by atoms with van der Waals surface area (Å²) in [6, 6.07) is 13.2. The number of hydrogen-bond donors (Lipinski definition) is 0. The lowest BCUT2D eigenvalue weighted by atomic mass is 10.2. The summed E-state index contributed by atoms with van der Waals surface area (Å²) in [4.78, 5) is 9.47. The number of oxime groups is 1. The van der Waals surface area contributed by atoms with Crippen molar-refractivity contribution in [2.75, 3.05) is 0 Å². The summed E-state index contributed by atoms with van der Waals surface area (Å²) in [5.74, 6) is 0. The second-order valence-corrected chi connectivity index (χ2v) is 4.27. The molecule has 3 nitrogen and oxygen atoms in total. The molecule has 0 saturated carbocycles. The Balaban J connectivity index is 1.87. The summed E-state index contributed by atoms with van der Waals surface area (Å²) in [5, 5.41) is 4.59. The van der Waals surface area contributed by atoms with E-state index >= 15 is 0 Å². The standard InChI is InChI=1S/C14H13ClN2O/c1-11-3-2-4-14(17-11)9-16-18-10-12-5-7-13(15)8-6-12/h2-9H,10H2,1H3/b16-9-. The van der Waals surface area contributed by atoms with Crippen molar-refractivity contribution in [3.63, 3.8) is 0 Å². The smallest absolute Gasteiger partial charge is 0.142 e. The van der Waals surface area contributed by atoms with Crippen LogP contribution in [-0.4, -0.2) is 11.2 Å². The molecular weight excluding hydrogens is 248 g/mol. The lowest BCUT2D eigenvalue weighted by Gasteiger charge is -1.99. The van der Waals surface area contributed by atoms with Gasteiger partial charge in [-0.1, -0.05) is 35.0 Å². The zero-order valence-electron chi connectivity index (χ0n) is 10.0. The number of halogens is 1. The third kappa shape index (κ3) is 3.86. The van der Waals surface area contributed by atoms with Crippen molar-refractivity contribution in [3.8, 4) is 0 Å². The van der Waals surface area contributed by atoms with Crippen molar-refractivity contribution in [2.24, 2.45) is 5.16 Å². The Labute approximate surface area is 111 Å². The maximum absolute atomic E-state index is 5.79. The van der Waals surface area contributed by atoms with Crippen molar-refractivity contribution in [2.45, 2.75) is 13.5 Å². The van der Waals surface area contributed by atoms with E-state index in [1.54, 1.807) is 6.21 Å². The topological polar surface area (TPSA) is 34.5 Å². The van der Waals surface area contributed by atoms with E-state index in [1.807, 2.05) is 49.4 Å². The number of pyridine rings is 1. The molecule has 0 unspecified atom stereocenters. The van der Waals surface area contributed by atoms with E-state index < -0.39 is 0 Å². The molecule has 4 heteroatoms. The maximum atomic E-state index is 5.79. The Hall–Kier alpha value is -1.87. The molecule has 0 aliphatic heterocycles. The normalized spacial score (nSPS) is 10.8. The summed E-state index contributed by atoms with van der Waals surface area (Å²) in [5.41, 5.74) is 2.76. The molecule has 2 aromatic rings. The van der Waals surface area contributed by atoms with Gasteiger partial charge in [-0.3, -0.25) is 4.98 Å². The first-order chi connectivity index (χ1) is 8.74. The van der Waals surface area contributed by atoms with Crippen LogP contribution < -0.4 is 0 Å². The molecule has 0 spiro atoms. The minimum absolute atomic E-state index is 0.416. The van der Waals surface area contributed by atoms with Crippen molar-refractivity contribution < 1.29 is 4.84 Å². The number of nitrogens with zero attached hydrogens (tertiary/aromatic N) is 2. The zero-order chi connectivity index (χ0) is 12.8. The molecule has 0 fully saturated rings. The average molecular weight is 261 g/mol. The highest BCUT2D eigenvalue weighted by Crippen LogP contribution is 2.10. The molecule has 0 N–H and O–H groups in total. The van der Waals surface area contributed by atoms with Gasteiger partial charge in [-0.05, 0) is 36.8 Å². The predicted octanol–water partition coefficient (Wildman–Crippen LogP) is 3.59. The Bertz CT molecular complexity index is 538. The van der Waals surface area contributed by atoms with Gasteiger partial charge in [0.2, 0.25) is 0 Å². The monoisotopic (exact) mass is 260 g/mol. The summed E-state index contributed by atoms with van der Waals surface area (Å²) < 4.78 is 0. The molecule has 2 rings (SSSR count). The van der Waals surface area contributed by atoms with Crippen LogP contribution in [0.1, 0.15) is 17.0 Å². The van der Waals surface area contributed by atoms with Gasteiger partial charge in [-0.25, -0.2) is 0 Å². The number of benzene rings is 1. The fourth-order valence-corrected chi connectivity index (χ4v) is 1.55. The average Bonchev–Trinajstić information content (AvgIpc) is 2.37. The van der Waals surface area contributed by atoms with Gasteiger partial charge in [0.05, 0.1) is 11.9 Å². The second kappa shape index (κ2) is 6.17. The minimum Gasteiger partial charge on any atom is -0.391 e. The minimum atomic E-state index is 0.416. The molecule has 0 aliphatic carbocycles. The largest absolute Gasteiger partial charge is 0.391 e. The van der Waals surface area contributed by atoms with Gasteiger partial charge in [-0.15, -0.1) is 0 Å². The third-order valence-corrected chi connectivity index (χ3v) is 2.57. The number of aromatic nitrogens is 1. The van der Waals surface area contributed by atoms with Crippen LogP contribution in [0.15, 0.2) is 47.6 Å². The number of aryl methyl sites for hydroxylation is 1. The van der Waals surface area contributed by atoms with Gasteiger partial charge in [0.15, 0.2) is 0 Å². The molecule has 0 saturated heterocycles. The van der Waals surface area contributed by atoms with Crippen LogP contribution in [0.5, 0.6) is 0 Å². The SMILES string of the molecule is Cc1cccc(/C=N\OCc2ccc(Cl)cc2)n1. The fourth-order valence-electron chi connectivity index (χ4n) is 1.42. The van der Waals surface area contributed by atoms with E-state index in [9.17, 15) is 0 Å². The fraction of sp³-hybridized carbons (Fsp3) is 0.143. The quantitative estimate of drug-likeness (QED) is 0.622. The molecule has 18 heavy (non-hydrogen) atoms.